The van der Waals surface area contributed by atoms with E-state index in [1.807, 2.05) is 6.92 Å². The second kappa shape index (κ2) is 3.53. The molecule has 5 nitrogen and oxygen atoms in total. The van der Waals surface area contributed by atoms with Gasteiger partial charge < -0.3 is 0 Å². The first-order valence-corrected chi connectivity index (χ1v) is 3.11. The number of rotatable bonds is 2. The molecule has 1 aromatic rings. The molecule has 56 valence electrons. The van der Waals surface area contributed by atoms with Crippen LogP contribution in [0.4, 0.5) is 0 Å². The van der Waals surface area contributed by atoms with Gasteiger partial charge in [0, 0.05) is 17.3 Å². The Hall–Kier alpha value is -1.61. The van der Waals surface area contributed by atoms with Crippen molar-refractivity contribution in [2.75, 3.05) is 0 Å². The smallest absolute Gasteiger partial charge is 0.134 e. The first-order chi connectivity index (χ1) is 5.33. The molecule has 0 aliphatic heterocycles. The summed E-state index contributed by atoms with van der Waals surface area (Å²) in [6.07, 6.45) is 3.38. The van der Waals surface area contributed by atoms with Crippen molar-refractivity contribution in [1.29, 1.82) is 0 Å². The van der Waals surface area contributed by atoms with Crippen molar-refractivity contribution in [3.63, 3.8) is 0 Å². The number of nitrogens with zero attached hydrogens (tertiary/aromatic N) is 5. The number of azide groups is 1. The van der Waals surface area contributed by atoms with Gasteiger partial charge in [0.15, 0.2) is 0 Å². The van der Waals surface area contributed by atoms with Gasteiger partial charge in [-0.3, -0.25) is 0 Å². The monoisotopic (exact) mass is 149 g/mol. The molecule has 0 aliphatic carbocycles. The molecule has 0 N–H and O–H groups in total. The van der Waals surface area contributed by atoms with Gasteiger partial charge in [-0.05, 0) is 18.0 Å². The third-order valence-electron chi connectivity index (χ3n) is 1.11. The largest absolute Gasteiger partial charge is 0.241 e. The van der Waals surface area contributed by atoms with Gasteiger partial charge in [-0.15, -0.1) is 0 Å². The lowest BCUT2D eigenvalue weighted by Crippen LogP contribution is -1.91. The van der Waals surface area contributed by atoms with Crippen molar-refractivity contribution in [3.8, 4) is 0 Å². The molecule has 1 heterocycles. The quantitative estimate of drug-likeness (QED) is 0.363. The van der Waals surface area contributed by atoms with Crippen LogP contribution in [0.5, 0.6) is 0 Å². The Labute approximate surface area is 63.7 Å². The van der Waals surface area contributed by atoms with Crippen LogP contribution in [0.3, 0.4) is 0 Å². The summed E-state index contributed by atoms with van der Waals surface area (Å²) in [6, 6.07) is 0. The molecular formula is C6H7N5. The Balaban J connectivity index is 2.73. The molecule has 0 radical (unpaired) electrons. The van der Waals surface area contributed by atoms with Crippen molar-refractivity contribution >= 4 is 0 Å². The third-order valence-corrected chi connectivity index (χ3v) is 1.11. The average molecular weight is 149 g/mol. The zero-order chi connectivity index (χ0) is 8.10. The standard InChI is InChI=1S/C6H7N5/c1-5-2-8-6(9-3-5)4-10-11-7/h2-3H,4H2,1H3. The van der Waals surface area contributed by atoms with Gasteiger partial charge in [0.05, 0.1) is 6.54 Å². The van der Waals surface area contributed by atoms with E-state index in [0.717, 1.165) is 5.56 Å². The molecule has 0 atom stereocenters. The molecule has 1 rings (SSSR count). The molecule has 0 bridgehead atoms. The minimum Gasteiger partial charge on any atom is -0.241 e. The SMILES string of the molecule is Cc1cnc(CN=[N+]=[N-])nc1. The van der Waals surface area contributed by atoms with E-state index in [1.165, 1.54) is 0 Å². The van der Waals surface area contributed by atoms with Crippen molar-refractivity contribution in [2.24, 2.45) is 5.11 Å². The van der Waals surface area contributed by atoms with E-state index in [2.05, 4.69) is 20.0 Å². The van der Waals surface area contributed by atoms with Crippen LogP contribution in [0, 0.1) is 6.92 Å². The van der Waals surface area contributed by atoms with Crippen molar-refractivity contribution < 1.29 is 0 Å². The molecule has 0 saturated heterocycles. The summed E-state index contributed by atoms with van der Waals surface area (Å²) in [4.78, 5) is 10.5. The van der Waals surface area contributed by atoms with E-state index in [4.69, 9.17) is 5.53 Å². The molecule has 0 amide bonds. The van der Waals surface area contributed by atoms with Gasteiger partial charge in [0.25, 0.3) is 0 Å². The van der Waals surface area contributed by atoms with Gasteiger partial charge in [0.2, 0.25) is 0 Å². The summed E-state index contributed by atoms with van der Waals surface area (Å²) in [6.45, 7) is 2.12. The zero-order valence-electron chi connectivity index (χ0n) is 6.10. The number of hydrogen-bond acceptors (Lipinski definition) is 3. The summed E-state index contributed by atoms with van der Waals surface area (Å²) in [7, 11) is 0. The minimum atomic E-state index is 0.219. The van der Waals surface area contributed by atoms with E-state index in [9.17, 15) is 0 Å². The van der Waals surface area contributed by atoms with Crippen molar-refractivity contribution in [3.05, 3.63) is 34.2 Å². The Morgan fingerprint density at radius 3 is 2.73 bits per heavy atom. The van der Waals surface area contributed by atoms with E-state index in [1.54, 1.807) is 12.4 Å². The van der Waals surface area contributed by atoms with Crippen LogP contribution in [0.2, 0.25) is 0 Å². The van der Waals surface area contributed by atoms with Crippen LogP contribution < -0.4 is 0 Å². The lowest BCUT2D eigenvalue weighted by molar-refractivity contribution is 0.892. The van der Waals surface area contributed by atoms with Crippen LogP contribution in [-0.4, -0.2) is 9.97 Å². The molecule has 5 heteroatoms. The van der Waals surface area contributed by atoms with Crippen LogP contribution in [0.25, 0.3) is 10.4 Å². The average Bonchev–Trinajstić information content (AvgIpc) is 2.04. The molecule has 0 aliphatic rings. The summed E-state index contributed by atoms with van der Waals surface area (Å²) in [5.74, 6) is 0.549. The maximum Gasteiger partial charge on any atom is 0.134 e. The highest BCUT2D eigenvalue weighted by Gasteiger charge is 1.91. The predicted octanol–water partition coefficient (Wildman–Crippen LogP) is 1.60. The summed E-state index contributed by atoms with van der Waals surface area (Å²) >= 11 is 0. The van der Waals surface area contributed by atoms with Gasteiger partial charge in [-0.2, -0.15) is 0 Å². The fraction of sp³-hybridized carbons (Fsp3) is 0.333. The highest BCUT2D eigenvalue weighted by atomic mass is 15.1. The number of aryl methyl sites for hydroxylation is 1. The highest BCUT2D eigenvalue weighted by molar-refractivity contribution is 5.01. The highest BCUT2D eigenvalue weighted by Crippen LogP contribution is 1.94. The first kappa shape index (κ1) is 7.50. The van der Waals surface area contributed by atoms with Gasteiger partial charge in [-0.1, -0.05) is 5.11 Å². The van der Waals surface area contributed by atoms with E-state index >= 15 is 0 Å². The van der Waals surface area contributed by atoms with Crippen molar-refractivity contribution in [1.82, 2.24) is 9.97 Å². The van der Waals surface area contributed by atoms with Crippen LogP contribution >= 0.6 is 0 Å². The van der Waals surface area contributed by atoms with E-state index < -0.39 is 0 Å². The second-order valence-corrected chi connectivity index (χ2v) is 2.07. The van der Waals surface area contributed by atoms with Crippen LogP contribution in [0.1, 0.15) is 11.4 Å². The van der Waals surface area contributed by atoms with Crippen LogP contribution in [-0.2, 0) is 6.54 Å². The van der Waals surface area contributed by atoms with Crippen LogP contribution in [0.15, 0.2) is 17.5 Å². The maximum absolute atomic E-state index is 7.98. The Kier molecular flexibility index (Phi) is 2.41. The Bertz CT molecular complexity index is 272. The number of hydrogen-bond donors (Lipinski definition) is 0. The molecule has 11 heavy (non-hydrogen) atoms. The van der Waals surface area contributed by atoms with E-state index in [-0.39, 0.29) is 6.54 Å². The fourth-order valence-electron chi connectivity index (χ4n) is 0.596. The summed E-state index contributed by atoms with van der Waals surface area (Å²) in [5.41, 5.74) is 8.98. The molecule has 0 unspecified atom stereocenters. The Morgan fingerprint density at radius 1 is 1.55 bits per heavy atom. The predicted molar refractivity (Wildman–Crippen MR) is 39.6 cm³/mol. The van der Waals surface area contributed by atoms with Crippen molar-refractivity contribution in [2.45, 2.75) is 13.5 Å². The first-order valence-electron chi connectivity index (χ1n) is 3.11. The molecule has 0 aromatic carbocycles. The lowest BCUT2D eigenvalue weighted by Gasteiger charge is -1.92. The lowest BCUT2D eigenvalue weighted by atomic mass is 10.4. The zero-order valence-corrected chi connectivity index (χ0v) is 6.10. The normalized spacial score (nSPS) is 8.82. The topological polar surface area (TPSA) is 74.5 Å². The van der Waals surface area contributed by atoms with E-state index in [0.29, 0.717) is 5.82 Å². The fourth-order valence-corrected chi connectivity index (χ4v) is 0.596. The minimum absolute atomic E-state index is 0.219. The molecule has 0 spiro atoms. The van der Waals surface area contributed by atoms with Gasteiger partial charge in [-0.25, -0.2) is 9.97 Å². The summed E-state index contributed by atoms with van der Waals surface area (Å²) in [5, 5.41) is 3.33. The second-order valence-electron chi connectivity index (χ2n) is 2.07. The maximum atomic E-state index is 7.98. The molecular weight excluding hydrogens is 142 g/mol. The van der Waals surface area contributed by atoms with Gasteiger partial charge in [0.1, 0.15) is 5.82 Å². The Morgan fingerprint density at radius 2 is 2.18 bits per heavy atom. The molecule has 0 fully saturated rings. The molecule has 1 aromatic heterocycles. The molecule has 0 saturated carbocycles. The number of aromatic nitrogens is 2. The summed E-state index contributed by atoms with van der Waals surface area (Å²) < 4.78 is 0. The third kappa shape index (κ3) is 2.23. The van der Waals surface area contributed by atoms with Gasteiger partial charge >= 0.3 is 0 Å².